The van der Waals surface area contributed by atoms with Crippen molar-refractivity contribution in [3.05, 3.63) is 23.3 Å². The Hall–Kier alpha value is -1.37. The molecule has 10 heteroatoms. The van der Waals surface area contributed by atoms with E-state index in [2.05, 4.69) is 0 Å². The summed E-state index contributed by atoms with van der Waals surface area (Å²) in [4.78, 5) is 12.2. The molecule has 0 aromatic heterocycles. The number of esters is 1. The lowest BCUT2D eigenvalue weighted by Crippen LogP contribution is -2.59. The number of ether oxygens (including phenoxy) is 3. The molecule has 3 rings (SSSR count). The highest BCUT2D eigenvalue weighted by Gasteiger charge is 2.52. The van der Waals surface area contributed by atoms with Crippen molar-refractivity contribution in [3.63, 3.8) is 0 Å². The maximum absolute atomic E-state index is 12.2. The SMILES string of the molecule is C/C1=C/[C@H]2OC(=O)[C@](C)(O)[C@@H]2CC/C(CO)=C\C[C@@H]1O[C@@H]1O[C@H](CO)[C@@H](O)[C@H](O)[C@H]1O. The van der Waals surface area contributed by atoms with Crippen molar-refractivity contribution in [2.45, 2.75) is 81.6 Å². The van der Waals surface area contributed by atoms with Gasteiger partial charge in [-0.05, 0) is 50.3 Å². The van der Waals surface area contributed by atoms with Crippen LogP contribution in [0.5, 0.6) is 0 Å². The van der Waals surface area contributed by atoms with E-state index in [0.29, 0.717) is 30.4 Å². The molecule has 1 aliphatic carbocycles. The predicted molar refractivity (Wildman–Crippen MR) is 105 cm³/mol. The summed E-state index contributed by atoms with van der Waals surface area (Å²) in [6.07, 6.45) is -3.77. The normalized spacial score (nSPS) is 47.5. The van der Waals surface area contributed by atoms with Crippen LogP contribution in [0.1, 0.15) is 33.1 Å². The Morgan fingerprint density at radius 2 is 1.90 bits per heavy atom. The topological polar surface area (TPSA) is 166 Å². The summed E-state index contributed by atoms with van der Waals surface area (Å²) in [5.41, 5.74) is -0.326. The van der Waals surface area contributed by atoms with Crippen molar-refractivity contribution in [2.75, 3.05) is 13.2 Å². The van der Waals surface area contributed by atoms with Crippen molar-refractivity contribution < 1.29 is 49.6 Å². The lowest BCUT2D eigenvalue weighted by atomic mass is 9.81. The summed E-state index contributed by atoms with van der Waals surface area (Å²) in [6.45, 7) is 2.37. The van der Waals surface area contributed by atoms with Crippen LogP contribution in [0, 0.1) is 5.92 Å². The first-order valence-electron chi connectivity index (χ1n) is 10.5. The van der Waals surface area contributed by atoms with Crippen LogP contribution in [-0.2, 0) is 19.0 Å². The van der Waals surface area contributed by atoms with E-state index in [1.807, 2.05) is 0 Å². The van der Waals surface area contributed by atoms with Crippen LogP contribution in [0.2, 0.25) is 0 Å². The van der Waals surface area contributed by atoms with Crippen LogP contribution in [0.25, 0.3) is 0 Å². The number of hydrogen-bond donors (Lipinski definition) is 6. The summed E-state index contributed by atoms with van der Waals surface area (Å²) in [5, 5.41) is 60.0. The quantitative estimate of drug-likeness (QED) is 0.222. The predicted octanol–water partition coefficient (Wildman–Crippen LogP) is -1.49. The second-order valence-electron chi connectivity index (χ2n) is 8.65. The van der Waals surface area contributed by atoms with Crippen LogP contribution >= 0.6 is 0 Å². The van der Waals surface area contributed by atoms with Crippen molar-refractivity contribution in [1.29, 1.82) is 0 Å². The molecule has 0 radical (unpaired) electrons. The van der Waals surface area contributed by atoms with E-state index >= 15 is 0 Å². The third kappa shape index (κ3) is 4.86. The fourth-order valence-electron chi connectivity index (χ4n) is 4.31. The van der Waals surface area contributed by atoms with E-state index in [9.17, 15) is 35.4 Å². The number of hydrogen-bond acceptors (Lipinski definition) is 10. The van der Waals surface area contributed by atoms with E-state index in [0.717, 1.165) is 0 Å². The van der Waals surface area contributed by atoms with E-state index in [1.165, 1.54) is 6.92 Å². The second kappa shape index (κ2) is 9.63. The standard InChI is InChI=1S/C21H32O10/c1-10-7-14-12(21(2,28)20(27)31-14)5-3-11(8-22)4-6-13(10)29-19-18(26)17(25)16(24)15(9-23)30-19/h4,7,12-19,22-26,28H,3,5-6,8-9H2,1-2H3/b10-7-,11-4+/t12-,13+,14-,15-,16-,17+,18-,19-,21-/m1/s1. The molecule has 2 fully saturated rings. The molecular weight excluding hydrogens is 412 g/mol. The van der Waals surface area contributed by atoms with Crippen LogP contribution in [0.15, 0.2) is 23.3 Å². The molecule has 0 bridgehead atoms. The minimum atomic E-state index is -1.66. The zero-order chi connectivity index (χ0) is 22.9. The largest absolute Gasteiger partial charge is 0.456 e. The Balaban J connectivity index is 1.87. The molecular formula is C21H32O10. The Labute approximate surface area is 180 Å². The molecule has 0 unspecified atom stereocenters. The average Bonchev–Trinajstić information content (AvgIpc) is 2.94. The van der Waals surface area contributed by atoms with Crippen LogP contribution in [0.4, 0.5) is 0 Å². The Kier molecular flexibility index (Phi) is 7.54. The highest BCUT2D eigenvalue weighted by atomic mass is 16.7. The first kappa shape index (κ1) is 24.3. The fourth-order valence-corrected chi connectivity index (χ4v) is 4.31. The van der Waals surface area contributed by atoms with Crippen molar-refractivity contribution in [1.82, 2.24) is 0 Å². The van der Waals surface area contributed by atoms with Crippen molar-refractivity contribution >= 4 is 5.97 Å². The van der Waals surface area contributed by atoms with E-state index in [4.69, 9.17) is 14.2 Å². The number of rotatable bonds is 4. The molecule has 176 valence electrons. The fraction of sp³-hybridized carbons (Fsp3) is 0.762. The molecule has 2 saturated heterocycles. The molecule has 10 nitrogen and oxygen atoms in total. The van der Waals surface area contributed by atoms with Gasteiger partial charge < -0.3 is 44.8 Å². The summed E-state index contributed by atoms with van der Waals surface area (Å²) >= 11 is 0. The van der Waals surface area contributed by atoms with Crippen molar-refractivity contribution in [3.8, 4) is 0 Å². The Morgan fingerprint density at radius 3 is 2.55 bits per heavy atom. The summed E-state index contributed by atoms with van der Waals surface area (Å²) < 4.78 is 16.7. The van der Waals surface area contributed by atoms with Gasteiger partial charge in [-0.3, -0.25) is 0 Å². The Bertz CT molecular complexity index is 715. The number of aliphatic hydroxyl groups is 6. The third-order valence-electron chi connectivity index (χ3n) is 6.46. The number of carbonyl (C=O) groups excluding carboxylic acids is 1. The first-order chi connectivity index (χ1) is 14.6. The van der Waals surface area contributed by atoms with Gasteiger partial charge in [-0.2, -0.15) is 0 Å². The zero-order valence-corrected chi connectivity index (χ0v) is 17.6. The Morgan fingerprint density at radius 1 is 1.19 bits per heavy atom. The summed E-state index contributed by atoms with van der Waals surface area (Å²) in [6, 6.07) is 0. The maximum Gasteiger partial charge on any atom is 0.338 e. The molecule has 0 spiro atoms. The third-order valence-corrected chi connectivity index (χ3v) is 6.46. The molecule has 6 N–H and O–H groups in total. The van der Waals surface area contributed by atoms with Gasteiger partial charge >= 0.3 is 5.97 Å². The van der Waals surface area contributed by atoms with E-state index in [-0.39, 0.29) is 6.61 Å². The summed E-state index contributed by atoms with van der Waals surface area (Å²) in [5.74, 6) is -1.23. The van der Waals surface area contributed by atoms with Gasteiger partial charge in [0, 0.05) is 5.92 Å². The number of fused-ring (bicyclic) bond motifs is 1. The number of aliphatic hydroxyl groups excluding tert-OH is 5. The molecule has 0 saturated carbocycles. The summed E-state index contributed by atoms with van der Waals surface area (Å²) in [7, 11) is 0. The smallest absolute Gasteiger partial charge is 0.338 e. The van der Waals surface area contributed by atoms with E-state index < -0.39 is 67.0 Å². The molecule has 31 heavy (non-hydrogen) atoms. The first-order valence-corrected chi connectivity index (χ1v) is 10.5. The van der Waals surface area contributed by atoms with Gasteiger partial charge in [0.2, 0.25) is 0 Å². The van der Waals surface area contributed by atoms with Gasteiger partial charge in [0.25, 0.3) is 0 Å². The lowest BCUT2D eigenvalue weighted by molar-refractivity contribution is -0.308. The highest BCUT2D eigenvalue weighted by molar-refractivity contribution is 5.82. The van der Waals surface area contributed by atoms with Crippen LogP contribution < -0.4 is 0 Å². The molecule has 0 aromatic carbocycles. The minimum absolute atomic E-state index is 0.205. The van der Waals surface area contributed by atoms with Gasteiger partial charge in [0.05, 0.1) is 19.3 Å². The van der Waals surface area contributed by atoms with Gasteiger partial charge in [0.1, 0.15) is 30.5 Å². The molecule has 9 atom stereocenters. The van der Waals surface area contributed by atoms with Crippen LogP contribution in [0.3, 0.4) is 0 Å². The van der Waals surface area contributed by atoms with Crippen molar-refractivity contribution in [2.24, 2.45) is 5.92 Å². The van der Waals surface area contributed by atoms with Gasteiger partial charge in [-0.1, -0.05) is 6.08 Å². The minimum Gasteiger partial charge on any atom is -0.456 e. The molecule has 2 aliphatic heterocycles. The monoisotopic (exact) mass is 444 g/mol. The molecule has 0 amide bonds. The molecule has 2 heterocycles. The highest BCUT2D eigenvalue weighted by Crippen LogP contribution is 2.38. The molecule has 0 aromatic rings. The van der Waals surface area contributed by atoms with E-state index in [1.54, 1.807) is 19.1 Å². The number of carbonyl (C=O) groups is 1. The lowest BCUT2D eigenvalue weighted by Gasteiger charge is -2.41. The van der Waals surface area contributed by atoms with Gasteiger partial charge in [-0.15, -0.1) is 0 Å². The van der Waals surface area contributed by atoms with Gasteiger partial charge in [-0.25, -0.2) is 4.79 Å². The van der Waals surface area contributed by atoms with Crippen LogP contribution in [-0.4, -0.2) is 98.3 Å². The van der Waals surface area contributed by atoms with Gasteiger partial charge in [0.15, 0.2) is 11.9 Å². The maximum atomic E-state index is 12.2. The average molecular weight is 444 g/mol. The zero-order valence-electron chi connectivity index (χ0n) is 17.6. The molecule has 3 aliphatic rings. The second-order valence-corrected chi connectivity index (χ2v) is 8.65.